The zero-order chi connectivity index (χ0) is 94.8. The molecule has 0 spiro atoms. The van der Waals surface area contributed by atoms with E-state index < -0.39 is 16.4 Å². The number of nitrogen functional groups attached to an aromatic ring is 1. The Balaban J connectivity index is 0.000000171. The van der Waals surface area contributed by atoms with Gasteiger partial charge in [0.15, 0.2) is 0 Å². The predicted octanol–water partition coefficient (Wildman–Crippen LogP) is 29.5. The van der Waals surface area contributed by atoms with Crippen LogP contribution in [0, 0.1) is 67.6 Å². The van der Waals surface area contributed by atoms with E-state index in [4.69, 9.17) is 127 Å². The van der Waals surface area contributed by atoms with Gasteiger partial charge in [0.1, 0.15) is 17.2 Å². The van der Waals surface area contributed by atoms with Gasteiger partial charge < -0.3 is 41.5 Å². The van der Waals surface area contributed by atoms with Crippen LogP contribution in [0.15, 0.2) is 308 Å². The van der Waals surface area contributed by atoms with Crippen molar-refractivity contribution >= 4 is 189 Å². The first-order valence-electron chi connectivity index (χ1n) is 40.6. The lowest BCUT2D eigenvalue weighted by atomic mass is 10.1. The van der Waals surface area contributed by atoms with E-state index >= 15 is 0 Å². The normalized spacial score (nSPS) is 10.5. The van der Waals surface area contributed by atoms with Gasteiger partial charge in [-0.25, -0.2) is 9.78 Å². The minimum Gasteiger partial charge on any atom is -0.508 e. The van der Waals surface area contributed by atoms with E-state index in [1.54, 1.807) is 47.0 Å². The molecule has 17 aromatic rings. The number of nitro benzene ring substituents is 2. The second kappa shape index (κ2) is 51.1. The molecule has 3 heterocycles. The minimum absolute atomic E-state index is 0.0840. The van der Waals surface area contributed by atoms with Crippen LogP contribution >= 0.6 is 127 Å². The SMILES string of the molecule is Cc1cccc(N)c1NCc1ccc(Cl)cc1.Cc1cccc([N+](=O)[O-])c1F.Cc1cccc([N+](=O)[O-])c1NCc1ccc(Cl)cc1.Cc1cccc2[nH]c(=O)n(Cc3ccc(Cl)cc3)c12.Cc1cccc2nc(Cl)n(Cc3ccc(Cl)cc3)c12.Cc1cccc2nc(Oc3cccc(Cl)c3)n(Cc3ccc(Cl)cc3)c12.NCc1ccc(Cl)cc1.Oc1cccc(Cl)c1.[2H]CI. The third kappa shape index (κ3) is 30.7. The fourth-order valence-corrected chi connectivity index (χ4v) is 14.3. The lowest BCUT2D eigenvalue weighted by Crippen LogP contribution is -2.17. The zero-order valence-corrected chi connectivity index (χ0v) is 80.1. The average molecular weight is 2040 g/mol. The molecule has 130 heavy (non-hydrogen) atoms. The number of nitrogens with two attached hydrogens (primary N) is 2. The number of nitro groups is 2. The van der Waals surface area contributed by atoms with Crippen LogP contribution in [-0.2, 0) is 39.3 Å². The van der Waals surface area contributed by atoms with Crippen molar-refractivity contribution in [1.29, 1.82) is 0 Å². The Morgan fingerprint density at radius 1 is 0.438 bits per heavy atom. The molecule has 0 amide bonds. The summed E-state index contributed by atoms with van der Waals surface area (Å²) in [5, 5.41) is 42.3. The third-order valence-electron chi connectivity index (χ3n) is 19.5. The molecule has 0 aliphatic heterocycles. The number of H-pyrrole nitrogens is 1. The van der Waals surface area contributed by atoms with Crippen LogP contribution in [-0.4, -0.2) is 48.5 Å². The van der Waals surface area contributed by atoms with E-state index in [0.717, 1.165) is 127 Å². The number of aryl methyl sites for hydroxylation is 6. The number of aromatic hydroxyl groups is 1. The molecule has 0 atom stereocenters. The van der Waals surface area contributed by atoms with E-state index in [-0.39, 0.29) is 22.0 Å². The number of nitrogens with zero attached hydrogens (tertiary/aromatic N) is 7. The average Bonchev–Trinajstić information content (AvgIpc) is 1.23. The van der Waals surface area contributed by atoms with Gasteiger partial charge in [-0.15, -0.1) is 0 Å². The highest BCUT2D eigenvalue weighted by Crippen LogP contribution is 2.34. The van der Waals surface area contributed by atoms with Crippen molar-refractivity contribution in [3.05, 3.63) is 452 Å². The van der Waals surface area contributed by atoms with Crippen molar-refractivity contribution in [2.24, 2.45) is 5.73 Å². The number of hydrogen-bond donors (Lipinski definition) is 6. The maximum Gasteiger partial charge on any atom is 0.326 e. The van der Waals surface area contributed by atoms with Crippen molar-refractivity contribution in [1.82, 2.24) is 28.7 Å². The Bertz CT molecular complexity index is 6640. The monoisotopic (exact) mass is 2030 g/mol. The Morgan fingerprint density at radius 3 is 1.25 bits per heavy atom. The Kier molecular flexibility index (Phi) is 39.5. The van der Waals surface area contributed by atoms with E-state index in [1.165, 1.54) is 42.3 Å². The first-order chi connectivity index (χ1) is 62.8. The van der Waals surface area contributed by atoms with Crippen molar-refractivity contribution < 1.29 is 25.5 Å². The Hall–Kier alpha value is -11.7. The number of aromatic amines is 1. The van der Waals surface area contributed by atoms with Gasteiger partial charge in [0, 0.05) is 73.3 Å². The van der Waals surface area contributed by atoms with E-state index in [1.807, 2.05) is 266 Å². The summed E-state index contributed by atoms with van der Waals surface area (Å²) in [6.07, 6.45) is 0. The molecule has 8 N–H and O–H groups in total. The molecule has 0 radical (unpaired) electrons. The zero-order valence-electron chi connectivity index (χ0n) is 72.2. The van der Waals surface area contributed by atoms with Crippen molar-refractivity contribution in [2.45, 2.75) is 80.8 Å². The molecular weight excluding hydrogens is 1950 g/mol. The summed E-state index contributed by atoms with van der Waals surface area (Å²) in [5.74, 6) is 0.109. The summed E-state index contributed by atoms with van der Waals surface area (Å²) in [4.78, 5) is 44.5. The number of aromatic nitrogens is 6. The van der Waals surface area contributed by atoms with Crippen LogP contribution in [0.2, 0.25) is 45.5 Å². The molecule has 670 valence electrons. The van der Waals surface area contributed by atoms with Crippen LogP contribution in [0.25, 0.3) is 33.1 Å². The van der Waals surface area contributed by atoms with E-state index in [0.29, 0.717) is 86.0 Å². The van der Waals surface area contributed by atoms with Gasteiger partial charge in [0.05, 0.1) is 74.0 Å². The molecule has 30 heteroatoms. The summed E-state index contributed by atoms with van der Waals surface area (Å²) in [6.45, 7) is 15.2. The van der Waals surface area contributed by atoms with Crippen LogP contribution in [0.5, 0.6) is 17.5 Å². The highest BCUT2D eigenvalue weighted by Gasteiger charge is 2.20. The fourth-order valence-electron chi connectivity index (χ4n) is 13.0. The maximum atomic E-state index is 12.8. The number of phenols is 1. The number of hydrogen-bond acceptors (Lipinski definition) is 13. The quantitative estimate of drug-likeness (QED) is 0.0163. The first kappa shape index (κ1) is 100. The van der Waals surface area contributed by atoms with Crippen molar-refractivity contribution in [3.63, 3.8) is 0 Å². The third-order valence-corrected chi connectivity index (χ3v) is 21.7. The number of rotatable bonds is 17. The number of ether oxygens (including phenoxy) is 1. The summed E-state index contributed by atoms with van der Waals surface area (Å²) in [6, 6.07) is 93.1. The predicted molar refractivity (Wildman–Crippen MR) is 546 cm³/mol. The number of anilines is 3. The Labute approximate surface area is 813 Å². The lowest BCUT2D eigenvalue weighted by Gasteiger charge is -2.12. The van der Waals surface area contributed by atoms with Gasteiger partial charge in [0.2, 0.25) is 11.1 Å². The van der Waals surface area contributed by atoms with Gasteiger partial charge in [-0.2, -0.15) is 9.37 Å². The molecule has 17 rings (SSSR count). The highest BCUT2D eigenvalue weighted by atomic mass is 127. The number of halogens is 11. The number of phenolic OH excluding ortho intramolecular Hbond substituents is 1. The molecule has 0 bridgehead atoms. The fraction of sp³-hybridized carbons (Fsp3) is 0.130. The maximum absolute atomic E-state index is 12.8. The van der Waals surface area contributed by atoms with Crippen molar-refractivity contribution in [2.75, 3.05) is 21.3 Å². The number of benzene rings is 14. The molecule has 0 fully saturated rings. The van der Waals surface area contributed by atoms with Gasteiger partial charge in [-0.3, -0.25) is 29.4 Å². The van der Waals surface area contributed by atoms with Gasteiger partial charge in [0.25, 0.3) is 5.69 Å². The van der Waals surface area contributed by atoms with Crippen LogP contribution in [0.4, 0.5) is 32.8 Å². The second-order valence-corrected chi connectivity index (χ2v) is 32.8. The smallest absolute Gasteiger partial charge is 0.326 e. The molecule has 14 aromatic carbocycles. The van der Waals surface area contributed by atoms with Crippen LogP contribution < -0.4 is 32.5 Å². The van der Waals surface area contributed by atoms with E-state index in [2.05, 4.69) is 56.1 Å². The molecule has 0 aliphatic carbocycles. The topological polar surface area (TPSA) is 265 Å². The molecule has 3 aromatic heterocycles. The molecule has 0 saturated carbocycles. The summed E-state index contributed by atoms with van der Waals surface area (Å²) in [7, 11) is 0. The van der Waals surface area contributed by atoms with Crippen LogP contribution in [0.1, 0.15) is 68.1 Å². The molecule has 0 aliphatic rings. The van der Waals surface area contributed by atoms with Crippen LogP contribution in [0.3, 0.4) is 0 Å². The largest absolute Gasteiger partial charge is 0.508 e. The standard InChI is InChI=1S/C21H16Cl2N2O.C15H12Cl2N2.C15H13ClN2O.C14H13ClN2O2.C14H15ClN2.C7H8ClN.C7H6FNO2.C6H5ClO.CH3I/c1-14-4-2-7-19-20(14)25(13-15-8-10-16(22)11-9-15)21(24-19)26-18-6-3-5-17(23)12-18;1-10-3-2-4-13-14(10)19(15(17)18-13)9-11-5-7-12(16)8-6-11;1-10-3-2-4-13-14(10)18(15(19)17-13)9-11-5-7-12(16)8-6-11;1-10-3-2-4-13(17(18)19)14(10)16-9-11-5-7-12(15)8-6-11;1-10-3-2-4-13(16)14(10)17-9-11-5-7-12(15)8-6-11;8-7-3-1-6(5-9)2-4-7;1-5-3-2-4-6(7(5)8)9(10)11;7-5-2-1-3-6(8)4-5;1-2/h2-12H,13H2,1H3;2-8H,9H2,1H3;2-8H,9H2,1H3,(H,17,19);2-8,16H,9H2,1H3;2-8,17H,9,16H2,1H3;1-4H,5,9H2;2-4H,1H3;1-4,8H;1H3/i;;;;;;;;1D. The van der Waals surface area contributed by atoms with E-state index in [9.17, 15) is 29.4 Å². The molecule has 0 saturated heterocycles. The highest BCUT2D eigenvalue weighted by molar-refractivity contribution is 14.1. The molecule has 0 unspecified atom stereocenters. The lowest BCUT2D eigenvalue weighted by molar-refractivity contribution is -0.387. The number of fused-ring (bicyclic) bond motifs is 3. The summed E-state index contributed by atoms with van der Waals surface area (Å²) >= 11 is 54.8. The second-order valence-electron chi connectivity index (χ2n) is 29.0. The summed E-state index contributed by atoms with van der Waals surface area (Å²) in [5.41, 5.74) is 31.3. The minimum atomic E-state index is -0.752. The number of para-hydroxylation sites is 5. The number of alkyl halides is 1. The number of nitrogens with one attached hydrogen (secondary N) is 3. The molecule has 19 nitrogen and oxygen atoms in total. The Morgan fingerprint density at radius 2 is 0.808 bits per heavy atom. The van der Waals surface area contributed by atoms with Gasteiger partial charge in [-0.1, -0.05) is 273 Å². The first-order valence-corrected chi connectivity index (χ1v) is 44.8. The summed E-state index contributed by atoms with van der Waals surface area (Å²) < 4.78 is 30.9. The molecular formula is C100H91Cl9FIN12O7. The van der Waals surface area contributed by atoms with Crippen molar-refractivity contribution in [3.8, 4) is 17.5 Å². The van der Waals surface area contributed by atoms with Gasteiger partial charge >= 0.3 is 17.4 Å². The van der Waals surface area contributed by atoms with Gasteiger partial charge in [-0.05, 0) is 258 Å². The number of imidazole rings is 3.